The van der Waals surface area contributed by atoms with Crippen LogP contribution < -0.4 is 5.32 Å². The molecule has 6 nitrogen and oxygen atoms in total. The van der Waals surface area contributed by atoms with Crippen LogP contribution in [0, 0.1) is 0 Å². The van der Waals surface area contributed by atoms with Gasteiger partial charge in [-0.2, -0.15) is 4.31 Å². The highest BCUT2D eigenvalue weighted by Crippen LogP contribution is 2.21. The molecule has 0 spiro atoms. The molecular weight excluding hydrogens is 338 g/mol. The third-order valence-electron chi connectivity index (χ3n) is 3.44. The lowest BCUT2D eigenvalue weighted by atomic mass is 10.3. The van der Waals surface area contributed by atoms with Gasteiger partial charge in [0.1, 0.15) is 10.7 Å². The fraction of sp³-hybridized carbons (Fsp3) is 0.267. The summed E-state index contributed by atoms with van der Waals surface area (Å²) in [6, 6.07) is 10.4. The SMILES string of the molecule is O=S(=O)(c1ccc(Nc2cccc(Cl)c2)nc1)N1CCOCC1. The van der Waals surface area contributed by atoms with Crippen LogP contribution in [-0.4, -0.2) is 44.0 Å². The number of benzene rings is 1. The minimum Gasteiger partial charge on any atom is -0.379 e. The normalized spacial score (nSPS) is 16.2. The summed E-state index contributed by atoms with van der Waals surface area (Å²) in [5.41, 5.74) is 0.786. The van der Waals surface area contributed by atoms with Gasteiger partial charge in [0.2, 0.25) is 10.0 Å². The van der Waals surface area contributed by atoms with Crippen LogP contribution in [0.5, 0.6) is 0 Å². The van der Waals surface area contributed by atoms with E-state index in [2.05, 4.69) is 10.3 Å². The first-order valence-corrected chi connectivity index (χ1v) is 8.94. The highest BCUT2D eigenvalue weighted by Gasteiger charge is 2.26. The van der Waals surface area contributed by atoms with Gasteiger partial charge < -0.3 is 10.1 Å². The van der Waals surface area contributed by atoms with Gasteiger partial charge in [-0.15, -0.1) is 0 Å². The van der Waals surface area contributed by atoms with Crippen LogP contribution in [-0.2, 0) is 14.8 Å². The van der Waals surface area contributed by atoms with Gasteiger partial charge in [-0.25, -0.2) is 13.4 Å². The Labute approximate surface area is 140 Å². The van der Waals surface area contributed by atoms with Crippen LogP contribution in [0.25, 0.3) is 0 Å². The van der Waals surface area contributed by atoms with E-state index >= 15 is 0 Å². The fourth-order valence-electron chi connectivity index (χ4n) is 2.26. The highest BCUT2D eigenvalue weighted by molar-refractivity contribution is 7.89. The van der Waals surface area contributed by atoms with Gasteiger partial charge in [-0.1, -0.05) is 17.7 Å². The summed E-state index contributed by atoms with van der Waals surface area (Å²) in [5, 5.41) is 3.69. The molecule has 1 aromatic carbocycles. The predicted molar refractivity (Wildman–Crippen MR) is 88.5 cm³/mol. The van der Waals surface area contributed by atoms with Crippen molar-refractivity contribution in [2.24, 2.45) is 0 Å². The van der Waals surface area contributed by atoms with E-state index in [1.54, 1.807) is 24.3 Å². The second-order valence-electron chi connectivity index (χ2n) is 5.03. The van der Waals surface area contributed by atoms with Crippen molar-refractivity contribution in [2.45, 2.75) is 4.90 Å². The summed E-state index contributed by atoms with van der Waals surface area (Å²) in [4.78, 5) is 4.35. The smallest absolute Gasteiger partial charge is 0.244 e. The number of morpholine rings is 1. The Hall–Kier alpha value is -1.67. The van der Waals surface area contributed by atoms with Gasteiger partial charge in [-0.05, 0) is 30.3 Å². The number of sulfonamides is 1. The van der Waals surface area contributed by atoms with Crippen molar-refractivity contribution in [3.8, 4) is 0 Å². The molecule has 1 aliphatic heterocycles. The van der Waals surface area contributed by atoms with Crippen LogP contribution >= 0.6 is 11.6 Å². The molecule has 1 saturated heterocycles. The number of nitrogens with zero attached hydrogens (tertiary/aromatic N) is 2. The van der Waals surface area contributed by atoms with Gasteiger partial charge in [0.15, 0.2) is 0 Å². The van der Waals surface area contributed by atoms with Crippen LogP contribution in [0.15, 0.2) is 47.5 Å². The average Bonchev–Trinajstić information content (AvgIpc) is 2.56. The summed E-state index contributed by atoms with van der Waals surface area (Å²) in [6.07, 6.45) is 1.36. The Morgan fingerprint density at radius 3 is 2.61 bits per heavy atom. The lowest BCUT2D eigenvalue weighted by molar-refractivity contribution is 0.0730. The number of halogens is 1. The van der Waals surface area contributed by atoms with Crippen molar-refractivity contribution in [2.75, 3.05) is 31.6 Å². The molecule has 0 aliphatic carbocycles. The fourth-order valence-corrected chi connectivity index (χ4v) is 3.80. The minimum atomic E-state index is -3.52. The molecule has 2 heterocycles. The van der Waals surface area contributed by atoms with Crippen LogP contribution in [0.2, 0.25) is 5.02 Å². The van der Waals surface area contributed by atoms with Gasteiger partial charge in [0.05, 0.1) is 13.2 Å². The number of nitrogens with one attached hydrogen (secondary N) is 1. The predicted octanol–water partition coefficient (Wildman–Crippen LogP) is 2.50. The third-order valence-corrected chi connectivity index (χ3v) is 5.56. The standard InChI is InChI=1S/C15H16ClN3O3S/c16-12-2-1-3-13(10-12)18-15-5-4-14(11-17-15)23(20,21)19-6-8-22-9-7-19/h1-5,10-11H,6-9H2,(H,17,18). The molecule has 0 saturated carbocycles. The molecule has 0 atom stereocenters. The second kappa shape index (κ2) is 6.84. The first-order valence-electron chi connectivity index (χ1n) is 7.12. The molecule has 1 aromatic heterocycles. The molecule has 2 aromatic rings. The van der Waals surface area contributed by atoms with Crippen molar-refractivity contribution in [1.29, 1.82) is 0 Å². The van der Waals surface area contributed by atoms with Crippen molar-refractivity contribution in [3.63, 3.8) is 0 Å². The number of hydrogen-bond donors (Lipinski definition) is 1. The zero-order valence-corrected chi connectivity index (χ0v) is 13.8. The lowest BCUT2D eigenvalue weighted by Crippen LogP contribution is -2.40. The van der Waals surface area contributed by atoms with E-state index in [9.17, 15) is 8.42 Å². The monoisotopic (exact) mass is 353 g/mol. The number of ether oxygens (including phenoxy) is 1. The van der Waals surface area contributed by atoms with Crippen molar-refractivity contribution in [3.05, 3.63) is 47.6 Å². The van der Waals surface area contributed by atoms with Crippen molar-refractivity contribution < 1.29 is 13.2 Å². The third kappa shape index (κ3) is 3.81. The summed E-state index contributed by atoms with van der Waals surface area (Å²) in [5.74, 6) is 0.549. The summed E-state index contributed by atoms with van der Waals surface area (Å²) >= 11 is 5.93. The number of rotatable bonds is 4. The second-order valence-corrected chi connectivity index (χ2v) is 7.41. The molecule has 0 unspecified atom stereocenters. The molecule has 3 rings (SSSR count). The van der Waals surface area contributed by atoms with Gasteiger partial charge in [0.25, 0.3) is 0 Å². The van der Waals surface area contributed by atoms with Crippen LogP contribution in [0.1, 0.15) is 0 Å². The summed E-state index contributed by atoms with van der Waals surface area (Å²) < 4.78 is 31.6. The molecule has 122 valence electrons. The molecule has 1 fully saturated rings. The molecule has 0 radical (unpaired) electrons. The molecular formula is C15H16ClN3O3S. The maximum atomic E-state index is 12.5. The number of hydrogen-bond acceptors (Lipinski definition) is 5. The van der Waals surface area contributed by atoms with E-state index in [1.807, 2.05) is 12.1 Å². The molecule has 8 heteroatoms. The quantitative estimate of drug-likeness (QED) is 0.914. The van der Waals surface area contributed by atoms with Crippen molar-refractivity contribution in [1.82, 2.24) is 9.29 Å². The van der Waals surface area contributed by atoms with Crippen molar-refractivity contribution >= 4 is 33.1 Å². The zero-order chi connectivity index (χ0) is 16.3. The Morgan fingerprint density at radius 1 is 1.17 bits per heavy atom. The van der Waals surface area contributed by atoms with Gasteiger partial charge >= 0.3 is 0 Å². The van der Waals surface area contributed by atoms with E-state index in [0.717, 1.165) is 5.69 Å². The van der Waals surface area contributed by atoms with E-state index in [1.165, 1.54) is 10.5 Å². The topological polar surface area (TPSA) is 71.5 Å². The van der Waals surface area contributed by atoms with E-state index in [4.69, 9.17) is 16.3 Å². The Morgan fingerprint density at radius 2 is 1.96 bits per heavy atom. The largest absolute Gasteiger partial charge is 0.379 e. The molecule has 0 amide bonds. The first-order chi connectivity index (χ1) is 11.1. The average molecular weight is 354 g/mol. The van der Waals surface area contributed by atoms with Gasteiger partial charge in [-0.3, -0.25) is 0 Å². The Bertz CT molecular complexity index is 775. The van der Waals surface area contributed by atoms with Gasteiger partial charge in [0, 0.05) is 30.0 Å². The van der Waals surface area contributed by atoms with Crippen LogP contribution in [0.3, 0.4) is 0 Å². The number of pyridine rings is 1. The maximum Gasteiger partial charge on any atom is 0.244 e. The number of anilines is 2. The minimum absolute atomic E-state index is 0.177. The molecule has 1 N–H and O–H groups in total. The van der Waals surface area contributed by atoms with E-state index < -0.39 is 10.0 Å². The maximum absolute atomic E-state index is 12.5. The summed E-state index contributed by atoms with van der Waals surface area (Å²) in [6.45, 7) is 1.57. The molecule has 1 aliphatic rings. The number of aromatic nitrogens is 1. The van der Waals surface area contributed by atoms with Crippen LogP contribution in [0.4, 0.5) is 11.5 Å². The summed E-state index contributed by atoms with van der Waals surface area (Å²) in [7, 11) is -3.52. The molecule has 0 bridgehead atoms. The van der Waals surface area contributed by atoms with E-state index in [-0.39, 0.29) is 4.90 Å². The Balaban J connectivity index is 1.76. The van der Waals surface area contributed by atoms with E-state index in [0.29, 0.717) is 37.1 Å². The molecule has 23 heavy (non-hydrogen) atoms. The Kier molecular flexibility index (Phi) is 4.82. The first kappa shape index (κ1) is 16.2. The highest BCUT2D eigenvalue weighted by atomic mass is 35.5. The lowest BCUT2D eigenvalue weighted by Gasteiger charge is -2.25. The zero-order valence-electron chi connectivity index (χ0n) is 12.3.